The lowest BCUT2D eigenvalue weighted by Crippen LogP contribution is -2.26. The minimum absolute atomic E-state index is 0.0154. The molecule has 0 fully saturated rings. The van der Waals surface area contributed by atoms with Crippen LogP contribution in [0.5, 0.6) is 5.75 Å². The van der Waals surface area contributed by atoms with Crippen LogP contribution in [0.4, 0.5) is 22.7 Å². The van der Waals surface area contributed by atoms with Gasteiger partial charge in [-0.1, -0.05) is 0 Å². The third-order valence-corrected chi connectivity index (χ3v) is 3.81. The van der Waals surface area contributed by atoms with E-state index >= 15 is 0 Å². The van der Waals surface area contributed by atoms with Crippen molar-refractivity contribution in [1.29, 1.82) is 0 Å². The molecule has 0 unspecified atom stereocenters. The Morgan fingerprint density at radius 2 is 1.85 bits per heavy atom. The molecule has 0 aromatic heterocycles. The number of anilines is 1. The van der Waals surface area contributed by atoms with Crippen LogP contribution in [0.25, 0.3) is 0 Å². The van der Waals surface area contributed by atoms with Crippen molar-refractivity contribution in [3.05, 3.63) is 52.6 Å². The summed E-state index contributed by atoms with van der Waals surface area (Å²) in [4.78, 5) is 12.4. The number of benzene rings is 2. The number of nitrogens with zero attached hydrogens (tertiary/aromatic N) is 4. The van der Waals surface area contributed by atoms with Crippen molar-refractivity contribution in [2.75, 3.05) is 38.8 Å². The highest BCUT2D eigenvalue weighted by atomic mass is 16.6. The molecule has 26 heavy (non-hydrogen) atoms. The molecule has 2 aromatic rings. The van der Waals surface area contributed by atoms with E-state index < -0.39 is 4.92 Å². The molecule has 8 heteroatoms. The topological polar surface area (TPSA) is 89.6 Å². The molecule has 0 aliphatic heterocycles. The van der Waals surface area contributed by atoms with Crippen molar-refractivity contribution in [3.63, 3.8) is 0 Å². The highest BCUT2D eigenvalue weighted by molar-refractivity contribution is 5.62. The Morgan fingerprint density at radius 3 is 2.42 bits per heavy atom. The van der Waals surface area contributed by atoms with Gasteiger partial charge in [0.2, 0.25) is 0 Å². The third-order valence-electron chi connectivity index (χ3n) is 3.81. The van der Waals surface area contributed by atoms with Gasteiger partial charge in [-0.3, -0.25) is 10.1 Å². The zero-order chi connectivity index (χ0) is 18.9. The SMILES string of the molecule is CCN(CCOC)c1ccc(N=Nc2ccc([N+](=O)[O-])cc2)c(OC)c1. The molecule has 2 rings (SSSR count). The average Bonchev–Trinajstić information content (AvgIpc) is 2.67. The van der Waals surface area contributed by atoms with Crippen LogP contribution in [0.1, 0.15) is 6.92 Å². The summed E-state index contributed by atoms with van der Waals surface area (Å²) in [7, 11) is 3.26. The number of likely N-dealkylation sites (N-methyl/N-ethyl adjacent to an activating group) is 1. The molecule has 2 aromatic carbocycles. The number of nitro groups is 1. The van der Waals surface area contributed by atoms with Crippen LogP contribution in [0, 0.1) is 10.1 Å². The second kappa shape index (κ2) is 9.47. The van der Waals surface area contributed by atoms with Gasteiger partial charge in [-0.2, -0.15) is 5.11 Å². The van der Waals surface area contributed by atoms with Crippen molar-refractivity contribution in [1.82, 2.24) is 0 Å². The Kier molecular flexibility index (Phi) is 7.04. The summed E-state index contributed by atoms with van der Waals surface area (Å²) in [5, 5.41) is 19.0. The molecule has 0 amide bonds. The fraction of sp³-hybridized carbons (Fsp3) is 0.333. The van der Waals surface area contributed by atoms with Crippen molar-refractivity contribution in [2.24, 2.45) is 10.2 Å². The number of non-ortho nitro benzene ring substituents is 1. The van der Waals surface area contributed by atoms with E-state index in [1.165, 1.54) is 12.1 Å². The first-order chi connectivity index (χ1) is 12.6. The average molecular weight is 358 g/mol. The minimum Gasteiger partial charge on any atom is -0.494 e. The first-order valence-corrected chi connectivity index (χ1v) is 8.17. The standard InChI is InChI=1S/C18H22N4O4/c1-4-21(11-12-25-2)16-9-10-17(18(13-16)26-3)20-19-14-5-7-15(8-6-14)22(23)24/h5-10,13H,4,11-12H2,1-3H3. The van der Waals surface area contributed by atoms with Gasteiger partial charge in [0.25, 0.3) is 5.69 Å². The molecule has 138 valence electrons. The molecule has 0 N–H and O–H groups in total. The number of nitro benzene ring substituents is 1. The Bertz CT molecular complexity index is 762. The van der Waals surface area contributed by atoms with E-state index in [0.717, 1.165) is 18.8 Å². The molecule has 0 atom stereocenters. The summed E-state index contributed by atoms with van der Waals surface area (Å²) in [6, 6.07) is 11.6. The monoisotopic (exact) mass is 358 g/mol. The lowest BCUT2D eigenvalue weighted by Gasteiger charge is -2.23. The second-order valence-corrected chi connectivity index (χ2v) is 5.40. The van der Waals surface area contributed by atoms with E-state index in [1.807, 2.05) is 18.2 Å². The van der Waals surface area contributed by atoms with E-state index in [0.29, 0.717) is 23.7 Å². The van der Waals surface area contributed by atoms with Gasteiger partial charge < -0.3 is 14.4 Å². The Labute approximate surface area is 152 Å². The summed E-state index contributed by atoms with van der Waals surface area (Å²) in [5.41, 5.74) is 2.13. The number of hydrogen-bond donors (Lipinski definition) is 0. The van der Waals surface area contributed by atoms with E-state index in [-0.39, 0.29) is 5.69 Å². The Hall–Kier alpha value is -3.00. The molecule has 0 bridgehead atoms. The largest absolute Gasteiger partial charge is 0.494 e. The van der Waals surface area contributed by atoms with Gasteiger partial charge in [-0.05, 0) is 31.2 Å². The van der Waals surface area contributed by atoms with Crippen molar-refractivity contribution in [3.8, 4) is 5.75 Å². The van der Waals surface area contributed by atoms with Gasteiger partial charge in [0, 0.05) is 44.1 Å². The predicted octanol–water partition coefficient (Wildman–Crippen LogP) is 4.49. The van der Waals surface area contributed by atoms with Crippen molar-refractivity contribution >= 4 is 22.7 Å². The van der Waals surface area contributed by atoms with Crippen molar-refractivity contribution in [2.45, 2.75) is 6.92 Å². The molecule has 0 saturated carbocycles. The molecule has 0 aliphatic rings. The van der Waals surface area contributed by atoms with E-state index in [4.69, 9.17) is 9.47 Å². The van der Waals surface area contributed by atoms with Crippen molar-refractivity contribution < 1.29 is 14.4 Å². The summed E-state index contributed by atoms with van der Waals surface area (Å²) < 4.78 is 10.6. The molecule has 0 heterocycles. The first-order valence-electron chi connectivity index (χ1n) is 8.17. The summed E-state index contributed by atoms with van der Waals surface area (Å²) >= 11 is 0. The second-order valence-electron chi connectivity index (χ2n) is 5.40. The number of methoxy groups -OCH3 is 2. The van der Waals surface area contributed by atoms with Gasteiger partial charge in [0.1, 0.15) is 11.4 Å². The van der Waals surface area contributed by atoms with Crippen LogP contribution in [-0.4, -0.2) is 38.8 Å². The number of rotatable bonds is 9. The van der Waals surface area contributed by atoms with E-state index in [1.54, 1.807) is 26.4 Å². The van der Waals surface area contributed by atoms with Crippen LogP contribution < -0.4 is 9.64 Å². The van der Waals surface area contributed by atoms with E-state index in [2.05, 4.69) is 22.1 Å². The van der Waals surface area contributed by atoms with Gasteiger partial charge in [-0.25, -0.2) is 0 Å². The minimum atomic E-state index is -0.453. The summed E-state index contributed by atoms with van der Waals surface area (Å²) in [6.45, 7) is 4.33. The van der Waals surface area contributed by atoms with Crippen LogP contribution in [0.3, 0.4) is 0 Å². The van der Waals surface area contributed by atoms with E-state index in [9.17, 15) is 10.1 Å². The first kappa shape index (κ1) is 19.3. The highest BCUT2D eigenvalue weighted by Gasteiger charge is 2.09. The van der Waals surface area contributed by atoms with Crippen LogP contribution in [0.15, 0.2) is 52.7 Å². The maximum absolute atomic E-state index is 10.7. The quantitative estimate of drug-likeness (QED) is 0.374. The summed E-state index contributed by atoms with van der Waals surface area (Å²) in [5.74, 6) is 0.601. The lowest BCUT2D eigenvalue weighted by atomic mass is 10.2. The fourth-order valence-corrected chi connectivity index (χ4v) is 2.37. The molecule has 0 spiro atoms. The molecular weight excluding hydrogens is 336 g/mol. The van der Waals surface area contributed by atoms with Crippen LogP contribution in [0.2, 0.25) is 0 Å². The van der Waals surface area contributed by atoms with Crippen LogP contribution >= 0.6 is 0 Å². The number of hydrogen-bond acceptors (Lipinski definition) is 7. The number of ether oxygens (including phenoxy) is 2. The zero-order valence-corrected chi connectivity index (χ0v) is 15.1. The molecule has 0 saturated heterocycles. The zero-order valence-electron chi connectivity index (χ0n) is 15.1. The van der Waals surface area contributed by atoms with Gasteiger partial charge >= 0.3 is 0 Å². The lowest BCUT2D eigenvalue weighted by molar-refractivity contribution is -0.384. The molecule has 0 radical (unpaired) electrons. The molecular formula is C18H22N4O4. The maximum Gasteiger partial charge on any atom is 0.269 e. The van der Waals surface area contributed by atoms with Gasteiger partial charge in [-0.15, -0.1) is 5.11 Å². The summed E-state index contributed by atoms with van der Waals surface area (Å²) in [6.07, 6.45) is 0. The third kappa shape index (κ3) is 5.00. The predicted molar refractivity (Wildman–Crippen MR) is 100 cm³/mol. The normalized spacial score (nSPS) is 10.9. The Balaban J connectivity index is 2.19. The molecule has 0 aliphatic carbocycles. The highest BCUT2D eigenvalue weighted by Crippen LogP contribution is 2.33. The van der Waals surface area contributed by atoms with Gasteiger partial charge in [0.05, 0.1) is 24.3 Å². The van der Waals surface area contributed by atoms with Crippen LogP contribution in [-0.2, 0) is 4.74 Å². The molecule has 8 nitrogen and oxygen atoms in total. The number of azo groups is 1. The smallest absolute Gasteiger partial charge is 0.269 e. The fourth-order valence-electron chi connectivity index (χ4n) is 2.37. The Morgan fingerprint density at radius 1 is 1.12 bits per heavy atom. The van der Waals surface area contributed by atoms with Gasteiger partial charge in [0.15, 0.2) is 0 Å². The maximum atomic E-state index is 10.7.